The number of halogens is 2. The molecule has 0 unspecified atom stereocenters. The maximum Gasteiger partial charge on any atom is 0.203 e. The van der Waals surface area contributed by atoms with E-state index >= 15 is 0 Å². The van der Waals surface area contributed by atoms with E-state index in [0.717, 1.165) is 16.6 Å². The van der Waals surface area contributed by atoms with E-state index in [1.54, 1.807) is 18.2 Å². The van der Waals surface area contributed by atoms with Crippen molar-refractivity contribution in [3.8, 4) is 11.3 Å². The Hall–Kier alpha value is -2.01. The number of aromatic nitrogens is 4. The number of H-pyrrole nitrogens is 1. The van der Waals surface area contributed by atoms with Crippen molar-refractivity contribution in [3.63, 3.8) is 0 Å². The predicted octanol–water partition coefficient (Wildman–Crippen LogP) is 2.81. The van der Waals surface area contributed by atoms with Gasteiger partial charge in [0.2, 0.25) is 5.65 Å². The normalized spacial score (nSPS) is 10.9. The van der Waals surface area contributed by atoms with Crippen LogP contribution in [0.4, 0.5) is 4.39 Å². The third-order valence-electron chi connectivity index (χ3n) is 2.42. The number of hydrogen-bond acceptors (Lipinski definition) is 3. The van der Waals surface area contributed by atoms with Crippen LogP contribution >= 0.6 is 11.6 Å². The van der Waals surface area contributed by atoms with Crippen LogP contribution in [-0.4, -0.2) is 20.4 Å². The van der Waals surface area contributed by atoms with Gasteiger partial charge in [0.25, 0.3) is 0 Å². The first kappa shape index (κ1) is 10.2. The van der Waals surface area contributed by atoms with Crippen LogP contribution in [0.2, 0.25) is 5.15 Å². The van der Waals surface area contributed by atoms with Gasteiger partial charge in [0, 0.05) is 5.56 Å². The molecule has 0 atom stereocenters. The Morgan fingerprint density at radius 1 is 1.12 bits per heavy atom. The van der Waals surface area contributed by atoms with Crippen LogP contribution in [0.15, 0.2) is 30.3 Å². The fourth-order valence-electron chi connectivity index (χ4n) is 1.63. The number of benzene rings is 1. The molecule has 0 saturated heterocycles. The summed E-state index contributed by atoms with van der Waals surface area (Å²) < 4.78 is 12.8. The largest absolute Gasteiger partial charge is 0.275 e. The van der Waals surface area contributed by atoms with E-state index in [1.165, 1.54) is 12.1 Å². The summed E-state index contributed by atoms with van der Waals surface area (Å²) in [5.41, 5.74) is 2.04. The highest BCUT2D eigenvalue weighted by molar-refractivity contribution is 6.30. The van der Waals surface area contributed by atoms with Crippen LogP contribution in [0.5, 0.6) is 0 Å². The molecular formula is C11H6ClFN4. The molecule has 0 aliphatic carbocycles. The molecule has 0 fully saturated rings. The smallest absolute Gasteiger partial charge is 0.203 e. The van der Waals surface area contributed by atoms with Crippen LogP contribution < -0.4 is 0 Å². The van der Waals surface area contributed by atoms with Crippen LogP contribution in [-0.2, 0) is 0 Å². The molecule has 1 N–H and O–H groups in total. The number of nitrogens with one attached hydrogen (secondary N) is 1. The molecule has 3 rings (SSSR count). The minimum Gasteiger partial charge on any atom is -0.275 e. The quantitative estimate of drug-likeness (QED) is 0.720. The number of hydrogen-bond donors (Lipinski definition) is 1. The summed E-state index contributed by atoms with van der Waals surface area (Å²) in [7, 11) is 0. The zero-order valence-electron chi connectivity index (χ0n) is 8.48. The Morgan fingerprint density at radius 2 is 1.88 bits per heavy atom. The summed E-state index contributed by atoms with van der Waals surface area (Å²) in [5, 5.41) is 15.5. The summed E-state index contributed by atoms with van der Waals surface area (Å²) in [6, 6.07) is 7.77. The highest BCUT2D eigenvalue weighted by atomic mass is 35.5. The summed E-state index contributed by atoms with van der Waals surface area (Å²) in [4.78, 5) is 0. The molecule has 1 aromatic carbocycles. The Balaban J connectivity index is 2.23. The fourth-order valence-corrected chi connectivity index (χ4v) is 1.78. The lowest BCUT2D eigenvalue weighted by Crippen LogP contribution is -1.83. The Labute approximate surface area is 100 Å². The van der Waals surface area contributed by atoms with Crippen molar-refractivity contribution < 1.29 is 4.39 Å². The molecule has 0 aliphatic heterocycles. The van der Waals surface area contributed by atoms with Gasteiger partial charge in [-0.2, -0.15) is 5.10 Å². The number of rotatable bonds is 1. The van der Waals surface area contributed by atoms with Crippen molar-refractivity contribution in [3.05, 3.63) is 41.3 Å². The second-order valence-corrected chi connectivity index (χ2v) is 3.90. The van der Waals surface area contributed by atoms with E-state index in [-0.39, 0.29) is 5.82 Å². The number of aromatic amines is 1. The summed E-state index contributed by atoms with van der Waals surface area (Å²) in [6.07, 6.45) is 0. The molecule has 6 heteroatoms. The molecule has 2 heterocycles. The zero-order chi connectivity index (χ0) is 11.8. The molecule has 4 nitrogen and oxygen atoms in total. The van der Waals surface area contributed by atoms with E-state index < -0.39 is 0 Å². The van der Waals surface area contributed by atoms with Crippen LogP contribution in [0.1, 0.15) is 0 Å². The monoisotopic (exact) mass is 248 g/mol. The minimum atomic E-state index is -0.282. The van der Waals surface area contributed by atoms with Gasteiger partial charge in [0.15, 0.2) is 5.15 Å². The Morgan fingerprint density at radius 3 is 2.65 bits per heavy atom. The highest BCUT2D eigenvalue weighted by Crippen LogP contribution is 2.26. The van der Waals surface area contributed by atoms with Gasteiger partial charge < -0.3 is 0 Å². The molecule has 0 spiro atoms. The predicted molar refractivity (Wildman–Crippen MR) is 62.1 cm³/mol. The molecule has 0 radical (unpaired) electrons. The standard InChI is InChI=1S/C11H6ClFN4/c12-9-5-8-10(15-17-11(8)16-14-9)6-1-3-7(13)4-2-6/h1-5H,(H,15,16,17). The van der Waals surface area contributed by atoms with E-state index in [0.29, 0.717) is 10.8 Å². The lowest BCUT2D eigenvalue weighted by atomic mass is 10.1. The van der Waals surface area contributed by atoms with Crippen molar-refractivity contribution >= 4 is 22.6 Å². The van der Waals surface area contributed by atoms with Crippen LogP contribution in [0.25, 0.3) is 22.3 Å². The Kier molecular flexibility index (Phi) is 2.26. The van der Waals surface area contributed by atoms with Crippen molar-refractivity contribution in [2.75, 3.05) is 0 Å². The van der Waals surface area contributed by atoms with Gasteiger partial charge in [-0.3, -0.25) is 5.10 Å². The average Bonchev–Trinajstić information content (AvgIpc) is 2.73. The first-order valence-electron chi connectivity index (χ1n) is 4.87. The Bertz CT molecular complexity index is 678. The van der Waals surface area contributed by atoms with E-state index in [1.807, 2.05) is 0 Å². The van der Waals surface area contributed by atoms with Crippen molar-refractivity contribution in [2.24, 2.45) is 0 Å². The first-order valence-corrected chi connectivity index (χ1v) is 5.25. The maximum atomic E-state index is 12.8. The van der Waals surface area contributed by atoms with Gasteiger partial charge >= 0.3 is 0 Å². The lowest BCUT2D eigenvalue weighted by Gasteiger charge is -1.98. The maximum absolute atomic E-state index is 12.8. The van der Waals surface area contributed by atoms with Crippen molar-refractivity contribution in [1.29, 1.82) is 0 Å². The lowest BCUT2D eigenvalue weighted by molar-refractivity contribution is 0.628. The molecule has 0 aliphatic rings. The molecular weight excluding hydrogens is 243 g/mol. The molecule has 17 heavy (non-hydrogen) atoms. The molecule has 2 aromatic heterocycles. The van der Waals surface area contributed by atoms with E-state index in [9.17, 15) is 4.39 Å². The SMILES string of the molecule is Fc1ccc(-c2[nH]nc3nnc(Cl)cc23)cc1. The van der Waals surface area contributed by atoms with Crippen molar-refractivity contribution in [2.45, 2.75) is 0 Å². The summed E-state index contributed by atoms with van der Waals surface area (Å²) >= 11 is 5.78. The third-order valence-corrected chi connectivity index (χ3v) is 2.61. The van der Waals surface area contributed by atoms with Crippen molar-refractivity contribution in [1.82, 2.24) is 20.4 Å². The van der Waals surface area contributed by atoms with E-state index in [4.69, 9.17) is 11.6 Å². The van der Waals surface area contributed by atoms with Gasteiger partial charge in [0.1, 0.15) is 5.82 Å². The minimum absolute atomic E-state index is 0.282. The third kappa shape index (κ3) is 1.74. The molecule has 0 bridgehead atoms. The summed E-state index contributed by atoms with van der Waals surface area (Å²) in [6.45, 7) is 0. The average molecular weight is 249 g/mol. The molecule has 0 amide bonds. The molecule has 3 aromatic rings. The van der Waals surface area contributed by atoms with Gasteiger partial charge in [-0.15, -0.1) is 10.2 Å². The van der Waals surface area contributed by atoms with Gasteiger partial charge in [-0.1, -0.05) is 11.6 Å². The molecule has 0 saturated carbocycles. The second-order valence-electron chi connectivity index (χ2n) is 3.51. The summed E-state index contributed by atoms with van der Waals surface area (Å²) in [5.74, 6) is -0.282. The first-order chi connectivity index (χ1) is 8.24. The van der Waals surface area contributed by atoms with Crippen LogP contribution in [0, 0.1) is 5.82 Å². The van der Waals surface area contributed by atoms with Gasteiger partial charge in [-0.05, 0) is 30.3 Å². The number of nitrogens with zero attached hydrogens (tertiary/aromatic N) is 3. The number of fused-ring (bicyclic) bond motifs is 1. The zero-order valence-corrected chi connectivity index (χ0v) is 9.24. The highest BCUT2D eigenvalue weighted by Gasteiger charge is 2.09. The van der Waals surface area contributed by atoms with Crippen LogP contribution in [0.3, 0.4) is 0 Å². The molecule has 84 valence electrons. The van der Waals surface area contributed by atoms with Gasteiger partial charge in [0.05, 0.1) is 11.1 Å². The fraction of sp³-hybridized carbons (Fsp3) is 0. The topological polar surface area (TPSA) is 54.5 Å². The second kappa shape index (κ2) is 3.78. The van der Waals surface area contributed by atoms with E-state index in [2.05, 4.69) is 20.4 Å². The van der Waals surface area contributed by atoms with Gasteiger partial charge in [-0.25, -0.2) is 4.39 Å².